The van der Waals surface area contributed by atoms with Crippen LogP contribution in [0.1, 0.15) is 34.1 Å². The van der Waals surface area contributed by atoms with E-state index >= 15 is 0 Å². The minimum absolute atomic E-state index is 0.153. The molecule has 0 aliphatic carbocycles. The Bertz CT molecular complexity index is 960. The number of hydrogen-bond donors (Lipinski definition) is 1. The average molecular weight is 374 g/mol. The number of fused-ring (bicyclic) bond motifs is 2. The molecule has 0 saturated heterocycles. The van der Waals surface area contributed by atoms with Gasteiger partial charge in [0.25, 0.3) is 0 Å². The van der Waals surface area contributed by atoms with Gasteiger partial charge in [0.15, 0.2) is 0 Å². The molecule has 1 atom stereocenters. The van der Waals surface area contributed by atoms with Gasteiger partial charge in [-0.25, -0.2) is 4.79 Å². The summed E-state index contributed by atoms with van der Waals surface area (Å²) >= 11 is 0. The lowest BCUT2D eigenvalue weighted by Gasteiger charge is -2.29. The van der Waals surface area contributed by atoms with Crippen LogP contribution in [0.25, 0.3) is 21.9 Å². The third-order valence-electron chi connectivity index (χ3n) is 4.49. The molecular formula is C21H26O6. The number of rotatable bonds is 8. The minimum atomic E-state index is -1.07. The van der Waals surface area contributed by atoms with E-state index in [0.717, 1.165) is 11.8 Å². The Kier molecular flexibility index (Phi) is 5.58. The van der Waals surface area contributed by atoms with E-state index < -0.39 is 17.3 Å². The van der Waals surface area contributed by atoms with Crippen molar-refractivity contribution in [3.63, 3.8) is 0 Å². The van der Waals surface area contributed by atoms with Crippen LogP contribution in [0, 0.1) is 5.92 Å². The van der Waals surface area contributed by atoms with Crippen LogP contribution in [0.2, 0.25) is 0 Å². The van der Waals surface area contributed by atoms with Crippen LogP contribution in [0.15, 0.2) is 44.2 Å². The summed E-state index contributed by atoms with van der Waals surface area (Å²) in [6.45, 7) is 8.34. The second kappa shape index (κ2) is 7.74. The molecule has 1 unspecified atom stereocenters. The van der Waals surface area contributed by atoms with Crippen molar-refractivity contribution in [2.45, 2.75) is 45.8 Å². The second-order valence-corrected chi connectivity index (χ2v) is 7.71. The SMILES string of the molecule is CC(C)CCOC(COc1c2ccoc2cc2oc(=O)ccc12)C(C)(C)O. The van der Waals surface area contributed by atoms with Gasteiger partial charge < -0.3 is 23.4 Å². The number of ether oxygens (including phenoxy) is 2. The number of hydrogen-bond acceptors (Lipinski definition) is 6. The number of furan rings is 1. The molecule has 0 aliphatic heterocycles. The topological polar surface area (TPSA) is 82.0 Å². The van der Waals surface area contributed by atoms with Crippen LogP contribution in [0.4, 0.5) is 0 Å². The van der Waals surface area contributed by atoms with E-state index in [4.69, 9.17) is 18.3 Å². The maximum absolute atomic E-state index is 11.5. The van der Waals surface area contributed by atoms with Crippen LogP contribution in [-0.2, 0) is 4.74 Å². The van der Waals surface area contributed by atoms with Crippen molar-refractivity contribution >= 4 is 21.9 Å². The van der Waals surface area contributed by atoms with Crippen molar-refractivity contribution in [3.8, 4) is 5.75 Å². The molecule has 0 radical (unpaired) electrons. The first-order chi connectivity index (χ1) is 12.8. The Morgan fingerprint density at radius 1 is 1.15 bits per heavy atom. The predicted molar refractivity (Wildman–Crippen MR) is 103 cm³/mol. The first kappa shape index (κ1) is 19.5. The summed E-state index contributed by atoms with van der Waals surface area (Å²) in [6.07, 6.45) is 1.95. The minimum Gasteiger partial charge on any atom is -0.489 e. The maximum atomic E-state index is 11.5. The molecule has 3 rings (SSSR count). The van der Waals surface area contributed by atoms with Crippen molar-refractivity contribution in [3.05, 3.63) is 40.9 Å². The quantitative estimate of drug-likeness (QED) is 0.597. The largest absolute Gasteiger partial charge is 0.489 e. The van der Waals surface area contributed by atoms with Gasteiger partial charge in [-0.05, 0) is 38.3 Å². The first-order valence-corrected chi connectivity index (χ1v) is 9.16. The Morgan fingerprint density at radius 2 is 1.89 bits per heavy atom. The van der Waals surface area contributed by atoms with E-state index in [9.17, 15) is 9.90 Å². The molecule has 1 aromatic carbocycles. The highest BCUT2D eigenvalue weighted by Crippen LogP contribution is 2.35. The molecule has 0 aliphatic rings. The molecule has 0 saturated carbocycles. The second-order valence-electron chi connectivity index (χ2n) is 7.71. The highest BCUT2D eigenvalue weighted by atomic mass is 16.5. The molecule has 2 heterocycles. The monoisotopic (exact) mass is 374 g/mol. The van der Waals surface area contributed by atoms with Crippen LogP contribution >= 0.6 is 0 Å². The molecule has 27 heavy (non-hydrogen) atoms. The summed E-state index contributed by atoms with van der Waals surface area (Å²) in [7, 11) is 0. The van der Waals surface area contributed by atoms with Gasteiger partial charge in [-0.1, -0.05) is 13.8 Å². The lowest BCUT2D eigenvalue weighted by molar-refractivity contribution is -0.105. The number of benzene rings is 1. The third-order valence-corrected chi connectivity index (χ3v) is 4.49. The molecule has 0 bridgehead atoms. The van der Waals surface area contributed by atoms with Crippen molar-refractivity contribution in [1.29, 1.82) is 0 Å². The van der Waals surface area contributed by atoms with Gasteiger partial charge >= 0.3 is 5.63 Å². The van der Waals surface area contributed by atoms with Crippen molar-refractivity contribution in [2.75, 3.05) is 13.2 Å². The molecule has 0 amide bonds. The summed E-state index contributed by atoms with van der Waals surface area (Å²) < 4.78 is 22.7. The van der Waals surface area contributed by atoms with Gasteiger partial charge in [0, 0.05) is 18.7 Å². The van der Waals surface area contributed by atoms with Gasteiger partial charge in [-0.2, -0.15) is 0 Å². The molecule has 1 N–H and O–H groups in total. The first-order valence-electron chi connectivity index (χ1n) is 9.16. The zero-order valence-electron chi connectivity index (χ0n) is 16.2. The van der Waals surface area contributed by atoms with Gasteiger partial charge in [0.05, 0.1) is 22.6 Å². The van der Waals surface area contributed by atoms with Gasteiger partial charge in [0.2, 0.25) is 0 Å². The van der Waals surface area contributed by atoms with E-state index in [1.807, 2.05) is 0 Å². The molecule has 146 valence electrons. The molecule has 6 heteroatoms. The molecule has 2 aromatic heterocycles. The van der Waals surface area contributed by atoms with Crippen molar-refractivity contribution in [1.82, 2.24) is 0 Å². The molecule has 0 fully saturated rings. The van der Waals surface area contributed by atoms with E-state index in [-0.39, 0.29) is 6.61 Å². The van der Waals surface area contributed by atoms with Crippen LogP contribution in [0.3, 0.4) is 0 Å². The normalized spacial score (nSPS) is 13.6. The Hall–Kier alpha value is -2.31. The zero-order chi connectivity index (χ0) is 19.6. The highest BCUT2D eigenvalue weighted by Gasteiger charge is 2.29. The predicted octanol–water partition coefficient (Wildman–Crippen LogP) is 4.12. The van der Waals surface area contributed by atoms with E-state index in [1.54, 1.807) is 38.3 Å². The van der Waals surface area contributed by atoms with Crippen LogP contribution in [0.5, 0.6) is 5.75 Å². The molecule has 3 aromatic rings. The fourth-order valence-corrected chi connectivity index (χ4v) is 2.83. The third kappa shape index (κ3) is 4.51. The van der Waals surface area contributed by atoms with E-state index in [2.05, 4.69) is 13.8 Å². The summed E-state index contributed by atoms with van der Waals surface area (Å²) in [4.78, 5) is 11.5. The highest BCUT2D eigenvalue weighted by molar-refractivity contribution is 6.01. The Labute approximate surface area is 157 Å². The lowest BCUT2D eigenvalue weighted by atomic mass is 10.0. The number of aliphatic hydroxyl groups is 1. The smallest absolute Gasteiger partial charge is 0.336 e. The van der Waals surface area contributed by atoms with Crippen LogP contribution in [-0.4, -0.2) is 30.0 Å². The van der Waals surface area contributed by atoms with Crippen molar-refractivity contribution in [2.24, 2.45) is 5.92 Å². The van der Waals surface area contributed by atoms with Crippen molar-refractivity contribution < 1.29 is 23.4 Å². The fourth-order valence-electron chi connectivity index (χ4n) is 2.83. The summed E-state index contributed by atoms with van der Waals surface area (Å²) in [5, 5.41) is 11.9. The van der Waals surface area contributed by atoms with Gasteiger partial charge in [-0.15, -0.1) is 0 Å². The summed E-state index contributed by atoms with van der Waals surface area (Å²) in [5.74, 6) is 1.06. The molecule has 0 spiro atoms. The lowest BCUT2D eigenvalue weighted by Crippen LogP contribution is -2.42. The molecular weight excluding hydrogens is 348 g/mol. The summed E-state index contributed by atoms with van der Waals surface area (Å²) in [6, 6.07) is 6.49. The van der Waals surface area contributed by atoms with E-state index in [0.29, 0.717) is 34.8 Å². The molecule has 6 nitrogen and oxygen atoms in total. The maximum Gasteiger partial charge on any atom is 0.336 e. The fraction of sp³-hybridized carbons (Fsp3) is 0.476. The Balaban J connectivity index is 1.89. The van der Waals surface area contributed by atoms with Crippen LogP contribution < -0.4 is 10.4 Å². The van der Waals surface area contributed by atoms with Gasteiger partial charge in [-0.3, -0.25) is 0 Å². The summed E-state index contributed by atoms with van der Waals surface area (Å²) in [5.41, 5.74) is -0.553. The van der Waals surface area contributed by atoms with E-state index in [1.165, 1.54) is 6.07 Å². The standard InChI is InChI=1S/C21H26O6/c1-13(2)7-9-25-18(21(3,4)23)12-26-20-14-5-6-19(22)27-17(14)11-16-15(20)8-10-24-16/h5-6,8,10-11,13,18,23H,7,9,12H2,1-4H3. The zero-order valence-corrected chi connectivity index (χ0v) is 16.2. The Morgan fingerprint density at radius 3 is 2.59 bits per heavy atom. The average Bonchev–Trinajstić information content (AvgIpc) is 3.03. The van der Waals surface area contributed by atoms with Gasteiger partial charge in [0.1, 0.15) is 29.6 Å².